The van der Waals surface area contributed by atoms with Crippen molar-refractivity contribution in [3.63, 3.8) is 0 Å². The number of rotatable bonds is 4. The first-order valence-electron chi connectivity index (χ1n) is 9.20. The van der Waals surface area contributed by atoms with Crippen LogP contribution in [0, 0.1) is 12.7 Å². The summed E-state index contributed by atoms with van der Waals surface area (Å²) < 4.78 is 13.6. The average Bonchev–Trinajstić information content (AvgIpc) is 3.13. The summed E-state index contributed by atoms with van der Waals surface area (Å²) in [5.74, 6) is 0.746. The third-order valence-corrected chi connectivity index (χ3v) is 6.05. The van der Waals surface area contributed by atoms with Gasteiger partial charge in [-0.25, -0.2) is 9.37 Å². The minimum Gasteiger partial charge on any atom is -0.349 e. The Morgan fingerprint density at radius 3 is 2.92 bits per heavy atom. The van der Waals surface area contributed by atoms with Crippen molar-refractivity contribution in [2.75, 3.05) is 4.90 Å². The van der Waals surface area contributed by atoms with Crippen molar-refractivity contribution in [1.82, 2.24) is 4.98 Å². The summed E-state index contributed by atoms with van der Waals surface area (Å²) in [6.07, 6.45) is 4.39. The average molecular weight is 370 g/mol. The van der Waals surface area contributed by atoms with Crippen molar-refractivity contribution in [1.29, 1.82) is 0 Å². The largest absolute Gasteiger partial charge is 0.349 e. The van der Waals surface area contributed by atoms with Crippen molar-refractivity contribution >= 4 is 28.1 Å². The molecule has 136 valence electrons. The summed E-state index contributed by atoms with van der Waals surface area (Å²) in [6.45, 7) is 2.86. The Kier molecular flexibility index (Phi) is 4.92. The van der Waals surface area contributed by atoms with E-state index >= 15 is 0 Å². The van der Waals surface area contributed by atoms with Gasteiger partial charge in [-0.15, -0.1) is 0 Å². The topological polar surface area (TPSA) is 42.1 Å². The number of fused-ring (bicyclic) bond motifs is 1. The first-order valence-corrected chi connectivity index (χ1v) is 10.1. The van der Waals surface area contributed by atoms with Gasteiger partial charge in [0, 0.05) is 24.0 Å². The first-order chi connectivity index (χ1) is 12.6. The highest BCUT2D eigenvalue weighted by Crippen LogP contribution is 2.31. The molecule has 0 radical (unpaired) electrons. The highest BCUT2D eigenvalue weighted by Gasteiger charge is 2.26. The van der Waals surface area contributed by atoms with Crippen LogP contribution in [-0.4, -0.2) is 17.1 Å². The number of anilines is 1. The maximum Gasteiger partial charge on any atom is 0.130 e. The summed E-state index contributed by atoms with van der Waals surface area (Å²) >= 11 is 1.72. The van der Waals surface area contributed by atoms with E-state index in [0.717, 1.165) is 54.5 Å². The smallest absolute Gasteiger partial charge is 0.130 e. The summed E-state index contributed by atoms with van der Waals surface area (Å²) in [5.41, 5.74) is 9.46. The molecule has 0 saturated heterocycles. The van der Waals surface area contributed by atoms with Crippen molar-refractivity contribution < 1.29 is 4.39 Å². The quantitative estimate of drug-likeness (QED) is 0.702. The Bertz CT molecular complexity index is 894. The van der Waals surface area contributed by atoms with Gasteiger partial charge < -0.3 is 10.6 Å². The standard InChI is InChI=1S/C21H24FN3S/c1-14-9-21(24-20-6-5-16(22)10-19(14)20)25(12-15-7-8-26-13-15)18-4-2-3-17(23)11-18/h5-10,13,17-18H,2-4,11-12,23H2,1H3/t17-,18-/m0/s1. The number of hydrogen-bond donors (Lipinski definition) is 1. The molecule has 3 aromatic rings. The monoisotopic (exact) mass is 369 g/mol. The maximum atomic E-state index is 13.6. The van der Waals surface area contributed by atoms with Crippen LogP contribution in [0.3, 0.4) is 0 Å². The van der Waals surface area contributed by atoms with Crippen LogP contribution in [0.2, 0.25) is 0 Å². The molecule has 1 fully saturated rings. The Morgan fingerprint density at radius 1 is 1.27 bits per heavy atom. The molecule has 2 aromatic heterocycles. The fourth-order valence-corrected chi connectivity index (χ4v) is 4.62. The molecular weight excluding hydrogens is 345 g/mol. The molecule has 1 aliphatic rings. The highest BCUT2D eigenvalue weighted by atomic mass is 32.1. The van der Waals surface area contributed by atoms with Gasteiger partial charge in [-0.05, 0) is 84.8 Å². The summed E-state index contributed by atoms with van der Waals surface area (Å²) in [4.78, 5) is 7.28. The maximum absolute atomic E-state index is 13.6. The van der Waals surface area contributed by atoms with E-state index in [-0.39, 0.29) is 11.9 Å². The van der Waals surface area contributed by atoms with Crippen LogP contribution in [0.25, 0.3) is 10.9 Å². The van der Waals surface area contributed by atoms with E-state index in [2.05, 4.69) is 27.8 Å². The lowest BCUT2D eigenvalue weighted by molar-refractivity contribution is 0.370. The number of aryl methyl sites for hydroxylation is 1. The van der Waals surface area contributed by atoms with Gasteiger partial charge in [-0.3, -0.25) is 0 Å². The zero-order valence-electron chi connectivity index (χ0n) is 15.0. The number of pyridine rings is 1. The van der Waals surface area contributed by atoms with E-state index in [0.29, 0.717) is 6.04 Å². The van der Waals surface area contributed by atoms with Crippen molar-refractivity contribution in [2.45, 2.75) is 51.2 Å². The fourth-order valence-electron chi connectivity index (χ4n) is 3.96. The van der Waals surface area contributed by atoms with Gasteiger partial charge >= 0.3 is 0 Å². The van der Waals surface area contributed by atoms with E-state index in [1.165, 1.54) is 11.6 Å². The number of hydrogen-bond acceptors (Lipinski definition) is 4. The van der Waals surface area contributed by atoms with Gasteiger partial charge in [0.15, 0.2) is 0 Å². The van der Waals surface area contributed by atoms with Crippen LogP contribution in [0.15, 0.2) is 41.1 Å². The third-order valence-electron chi connectivity index (χ3n) is 5.32. The number of aromatic nitrogens is 1. The van der Waals surface area contributed by atoms with E-state index in [4.69, 9.17) is 10.7 Å². The second kappa shape index (κ2) is 7.33. The molecule has 2 atom stereocenters. The molecule has 0 aliphatic heterocycles. The Morgan fingerprint density at radius 2 is 2.15 bits per heavy atom. The van der Waals surface area contributed by atoms with E-state index in [1.807, 2.05) is 6.92 Å². The van der Waals surface area contributed by atoms with E-state index < -0.39 is 0 Å². The van der Waals surface area contributed by atoms with Gasteiger partial charge in [0.05, 0.1) is 5.52 Å². The third kappa shape index (κ3) is 3.60. The summed E-state index contributed by atoms with van der Waals surface area (Å²) in [6, 6.07) is 9.74. The molecule has 0 spiro atoms. The zero-order chi connectivity index (χ0) is 18.1. The molecule has 5 heteroatoms. The molecule has 3 nitrogen and oxygen atoms in total. The number of thiophene rings is 1. The van der Waals surface area contributed by atoms with Crippen molar-refractivity contribution in [3.05, 3.63) is 58.0 Å². The Labute approximate surface area is 157 Å². The van der Waals surface area contributed by atoms with Crippen molar-refractivity contribution in [2.24, 2.45) is 5.73 Å². The predicted molar refractivity (Wildman–Crippen MR) is 107 cm³/mol. The summed E-state index contributed by atoms with van der Waals surface area (Å²) in [5, 5.41) is 5.19. The number of nitrogens with two attached hydrogens (primary N) is 1. The lowest BCUT2D eigenvalue weighted by atomic mass is 9.90. The molecule has 0 unspecified atom stereocenters. The van der Waals surface area contributed by atoms with Gasteiger partial charge in [-0.1, -0.05) is 0 Å². The molecule has 2 heterocycles. The Balaban J connectivity index is 1.75. The van der Waals surface area contributed by atoms with Crippen LogP contribution in [0.5, 0.6) is 0 Å². The number of benzene rings is 1. The van der Waals surface area contributed by atoms with Crippen LogP contribution >= 0.6 is 11.3 Å². The van der Waals surface area contributed by atoms with Crippen LogP contribution in [-0.2, 0) is 6.54 Å². The van der Waals surface area contributed by atoms with Crippen molar-refractivity contribution in [3.8, 4) is 0 Å². The minimum atomic E-state index is -0.219. The molecule has 2 N–H and O–H groups in total. The number of nitrogens with zero attached hydrogens (tertiary/aromatic N) is 2. The van der Waals surface area contributed by atoms with Crippen LogP contribution in [0.4, 0.5) is 10.2 Å². The molecule has 1 aliphatic carbocycles. The lowest BCUT2D eigenvalue weighted by Gasteiger charge is -2.37. The van der Waals surface area contributed by atoms with Crippen LogP contribution < -0.4 is 10.6 Å². The fraction of sp³-hybridized carbons (Fsp3) is 0.381. The number of halogens is 1. The van der Waals surface area contributed by atoms with Gasteiger partial charge in [0.25, 0.3) is 0 Å². The molecule has 1 aromatic carbocycles. The molecule has 0 bridgehead atoms. The second-order valence-corrected chi connectivity index (χ2v) is 8.08. The minimum absolute atomic E-state index is 0.219. The van der Waals surface area contributed by atoms with Gasteiger partial charge in [0.1, 0.15) is 11.6 Å². The highest BCUT2D eigenvalue weighted by molar-refractivity contribution is 7.07. The second-order valence-electron chi connectivity index (χ2n) is 7.30. The normalized spacial score (nSPS) is 20.4. The molecule has 4 rings (SSSR count). The van der Waals surface area contributed by atoms with E-state index in [1.54, 1.807) is 23.5 Å². The van der Waals surface area contributed by atoms with Gasteiger partial charge in [-0.2, -0.15) is 11.3 Å². The molecule has 1 saturated carbocycles. The molecular formula is C21H24FN3S. The summed E-state index contributed by atoms with van der Waals surface area (Å²) in [7, 11) is 0. The lowest BCUT2D eigenvalue weighted by Crippen LogP contribution is -2.42. The first kappa shape index (κ1) is 17.4. The molecule has 26 heavy (non-hydrogen) atoms. The SMILES string of the molecule is Cc1cc(N(Cc2ccsc2)[C@H]2CCC[C@H](N)C2)nc2ccc(F)cc12. The van der Waals surface area contributed by atoms with Crippen LogP contribution in [0.1, 0.15) is 36.8 Å². The Hall–Kier alpha value is -1.98. The zero-order valence-corrected chi connectivity index (χ0v) is 15.8. The van der Waals surface area contributed by atoms with Gasteiger partial charge in [0.2, 0.25) is 0 Å². The molecule has 0 amide bonds. The predicted octanol–water partition coefficient (Wildman–Crippen LogP) is 5.02. The van der Waals surface area contributed by atoms with E-state index in [9.17, 15) is 4.39 Å².